The van der Waals surface area contributed by atoms with Crippen LogP contribution in [0.1, 0.15) is 10.4 Å². The molecule has 1 aromatic heterocycles. The molecule has 0 bridgehead atoms. The molecule has 0 saturated carbocycles. The van der Waals surface area contributed by atoms with Crippen molar-refractivity contribution in [2.75, 3.05) is 40.3 Å². The minimum absolute atomic E-state index is 0.0702. The number of oxazole rings is 1. The molecule has 8 nitrogen and oxygen atoms in total. The molecule has 2 heterocycles. The van der Waals surface area contributed by atoms with Gasteiger partial charge in [0.15, 0.2) is 5.58 Å². The van der Waals surface area contributed by atoms with Crippen LogP contribution in [0, 0.1) is 5.92 Å². The third kappa shape index (κ3) is 3.30. The molecule has 1 unspecified atom stereocenters. The van der Waals surface area contributed by atoms with Crippen molar-refractivity contribution in [3.05, 3.63) is 34.3 Å². The van der Waals surface area contributed by atoms with Crippen molar-refractivity contribution < 1.29 is 14.0 Å². The maximum absolute atomic E-state index is 12.9. The third-order valence-electron chi connectivity index (χ3n) is 4.67. The van der Waals surface area contributed by atoms with Gasteiger partial charge in [-0.1, -0.05) is 0 Å². The van der Waals surface area contributed by atoms with E-state index in [1.807, 2.05) is 7.05 Å². The third-order valence-corrected chi connectivity index (χ3v) is 4.67. The summed E-state index contributed by atoms with van der Waals surface area (Å²) in [4.78, 5) is 40.4. The predicted molar refractivity (Wildman–Crippen MR) is 92.4 cm³/mol. The number of nitrogens with one attached hydrogen (secondary N) is 1. The molecule has 8 heteroatoms. The lowest BCUT2D eigenvalue weighted by molar-refractivity contribution is -0.125. The van der Waals surface area contributed by atoms with Crippen LogP contribution in [-0.4, -0.2) is 66.5 Å². The molecule has 1 aromatic carbocycles. The molecular formula is C17H22N4O4. The minimum atomic E-state index is -0.462. The van der Waals surface area contributed by atoms with Crippen LogP contribution in [0.3, 0.4) is 0 Å². The smallest absolute Gasteiger partial charge is 0.408 e. The molecule has 1 aliphatic rings. The van der Waals surface area contributed by atoms with Crippen molar-refractivity contribution >= 4 is 22.9 Å². The fraction of sp³-hybridized carbons (Fsp3) is 0.471. The van der Waals surface area contributed by atoms with E-state index in [4.69, 9.17) is 4.42 Å². The van der Waals surface area contributed by atoms with Crippen LogP contribution < -0.4 is 11.1 Å². The first-order valence-electron chi connectivity index (χ1n) is 8.19. The fourth-order valence-electron chi connectivity index (χ4n) is 3.17. The molecule has 1 fully saturated rings. The average Bonchev–Trinajstić information content (AvgIpc) is 2.77. The Balaban J connectivity index is 1.89. The Morgan fingerprint density at radius 3 is 2.68 bits per heavy atom. The maximum atomic E-state index is 12.9. The van der Waals surface area contributed by atoms with Crippen LogP contribution in [0.4, 0.5) is 0 Å². The van der Waals surface area contributed by atoms with E-state index in [-0.39, 0.29) is 17.7 Å². The molecule has 3 rings (SSSR count). The molecule has 1 saturated heterocycles. The van der Waals surface area contributed by atoms with Gasteiger partial charge < -0.3 is 19.5 Å². The summed E-state index contributed by atoms with van der Waals surface area (Å²) in [6.45, 7) is 2.22. The van der Waals surface area contributed by atoms with E-state index in [9.17, 15) is 14.4 Å². The zero-order chi connectivity index (χ0) is 18.1. The summed E-state index contributed by atoms with van der Waals surface area (Å²) in [5, 5.41) is 2.66. The summed E-state index contributed by atoms with van der Waals surface area (Å²) in [5.41, 5.74) is 1.50. The van der Waals surface area contributed by atoms with Gasteiger partial charge in [-0.05, 0) is 25.2 Å². The first kappa shape index (κ1) is 17.2. The summed E-state index contributed by atoms with van der Waals surface area (Å²) in [5.74, 6) is -0.960. The van der Waals surface area contributed by atoms with Gasteiger partial charge in [0.2, 0.25) is 5.91 Å². The predicted octanol–water partition coefficient (Wildman–Crippen LogP) is -0.119. The molecule has 1 atom stereocenters. The standard InChI is InChI=1S/C17H22N4O4/c1-18-15(22)12-9-19(2)6-7-21(10-12)16(23)11-4-5-14-13(8-11)20(3)17(24)25-14/h4-5,8,12H,6-7,9-10H2,1-3H3,(H,18,22). The summed E-state index contributed by atoms with van der Waals surface area (Å²) in [7, 11) is 5.15. The highest BCUT2D eigenvalue weighted by molar-refractivity contribution is 5.97. The number of hydrogen-bond acceptors (Lipinski definition) is 5. The summed E-state index contributed by atoms with van der Waals surface area (Å²) in [6, 6.07) is 4.94. The van der Waals surface area contributed by atoms with Gasteiger partial charge in [-0.2, -0.15) is 0 Å². The molecule has 0 aliphatic carbocycles. The number of benzene rings is 1. The number of likely N-dealkylation sites (N-methyl/N-ethyl adjacent to an activating group) is 1. The Labute approximate surface area is 145 Å². The van der Waals surface area contributed by atoms with Crippen molar-refractivity contribution in [1.29, 1.82) is 0 Å². The van der Waals surface area contributed by atoms with Crippen LogP contribution >= 0.6 is 0 Å². The number of amides is 2. The molecule has 134 valence electrons. The molecule has 25 heavy (non-hydrogen) atoms. The highest BCUT2D eigenvalue weighted by Crippen LogP contribution is 2.18. The normalized spacial score (nSPS) is 19.0. The lowest BCUT2D eigenvalue weighted by atomic mass is 10.1. The maximum Gasteiger partial charge on any atom is 0.419 e. The van der Waals surface area contributed by atoms with Crippen molar-refractivity contribution in [2.24, 2.45) is 13.0 Å². The Morgan fingerprint density at radius 2 is 1.96 bits per heavy atom. The molecule has 0 radical (unpaired) electrons. The summed E-state index contributed by atoms with van der Waals surface area (Å²) >= 11 is 0. The second-order valence-electron chi connectivity index (χ2n) is 6.43. The fourth-order valence-corrected chi connectivity index (χ4v) is 3.17. The van der Waals surface area contributed by atoms with E-state index < -0.39 is 5.76 Å². The van der Waals surface area contributed by atoms with E-state index in [2.05, 4.69) is 10.2 Å². The molecule has 2 amide bonds. The lowest BCUT2D eigenvalue weighted by Crippen LogP contribution is -2.41. The highest BCUT2D eigenvalue weighted by atomic mass is 16.4. The lowest BCUT2D eigenvalue weighted by Gasteiger charge is -2.23. The minimum Gasteiger partial charge on any atom is -0.408 e. The topological polar surface area (TPSA) is 87.8 Å². The van der Waals surface area contributed by atoms with Crippen LogP contribution in [0.25, 0.3) is 11.1 Å². The van der Waals surface area contributed by atoms with Gasteiger partial charge >= 0.3 is 5.76 Å². The number of nitrogens with zero attached hydrogens (tertiary/aromatic N) is 3. The van der Waals surface area contributed by atoms with Gasteiger partial charge in [0, 0.05) is 45.8 Å². The number of aryl methyl sites for hydroxylation is 1. The van der Waals surface area contributed by atoms with E-state index in [1.165, 1.54) is 4.57 Å². The summed E-state index contributed by atoms with van der Waals surface area (Å²) in [6.07, 6.45) is 0. The number of hydrogen-bond donors (Lipinski definition) is 1. The van der Waals surface area contributed by atoms with Gasteiger partial charge in [0.1, 0.15) is 0 Å². The van der Waals surface area contributed by atoms with Crippen LogP contribution in [0.5, 0.6) is 0 Å². The number of rotatable bonds is 2. The Hall–Kier alpha value is -2.61. The Kier molecular flexibility index (Phi) is 4.63. The zero-order valence-electron chi connectivity index (χ0n) is 14.6. The molecule has 1 aliphatic heterocycles. The average molecular weight is 346 g/mol. The Bertz CT molecular complexity index is 869. The number of aromatic nitrogens is 1. The first-order valence-corrected chi connectivity index (χ1v) is 8.19. The zero-order valence-corrected chi connectivity index (χ0v) is 14.6. The van der Waals surface area contributed by atoms with Gasteiger partial charge in [-0.25, -0.2) is 4.79 Å². The van der Waals surface area contributed by atoms with Gasteiger partial charge in [-0.15, -0.1) is 0 Å². The summed E-state index contributed by atoms with van der Waals surface area (Å²) < 4.78 is 6.47. The van der Waals surface area contributed by atoms with Crippen molar-refractivity contribution in [3.63, 3.8) is 0 Å². The van der Waals surface area contributed by atoms with Crippen molar-refractivity contribution in [3.8, 4) is 0 Å². The van der Waals surface area contributed by atoms with Crippen molar-refractivity contribution in [2.45, 2.75) is 0 Å². The van der Waals surface area contributed by atoms with Gasteiger partial charge in [-0.3, -0.25) is 14.2 Å². The van der Waals surface area contributed by atoms with E-state index in [0.717, 1.165) is 0 Å². The van der Waals surface area contributed by atoms with E-state index in [0.29, 0.717) is 42.8 Å². The Morgan fingerprint density at radius 1 is 1.20 bits per heavy atom. The molecule has 2 aromatic rings. The SMILES string of the molecule is CNC(=O)C1CN(C)CCN(C(=O)c2ccc3oc(=O)n(C)c3c2)C1. The number of carbonyl (C=O) groups is 2. The number of carbonyl (C=O) groups excluding carboxylic acids is 2. The van der Waals surface area contributed by atoms with E-state index >= 15 is 0 Å². The van der Waals surface area contributed by atoms with E-state index in [1.54, 1.807) is 37.2 Å². The quantitative estimate of drug-likeness (QED) is 0.819. The second-order valence-corrected chi connectivity index (χ2v) is 6.43. The largest absolute Gasteiger partial charge is 0.419 e. The van der Waals surface area contributed by atoms with Gasteiger partial charge in [0.05, 0.1) is 11.4 Å². The molecule has 0 spiro atoms. The monoisotopic (exact) mass is 346 g/mol. The number of fused-ring (bicyclic) bond motifs is 1. The van der Waals surface area contributed by atoms with Crippen LogP contribution in [0.15, 0.2) is 27.4 Å². The van der Waals surface area contributed by atoms with Crippen LogP contribution in [0.2, 0.25) is 0 Å². The van der Waals surface area contributed by atoms with Crippen LogP contribution in [-0.2, 0) is 11.8 Å². The second kappa shape index (κ2) is 6.72. The van der Waals surface area contributed by atoms with Crippen molar-refractivity contribution in [1.82, 2.24) is 19.7 Å². The molecular weight excluding hydrogens is 324 g/mol. The first-order chi connectivity index (χ1) is 11.9. The highest BCUT2D eigenvalue weighted by Gasteiger charge is 2.29. The molecule has 1 N–H and O–H groups in total. The van der Waals surface area contributed by atoms with Gasteiger partial charge in [0.25, 0.3) is 5.91 Å².